The fourth-order valence-electron chi connectivity index (χ4n) is 4.73. The van der Waals surface area contributed by atoms with Crippen molar-refractivity contribution in [1.29, 1.82) is 0 Å². The number of nitrogens with one attached hydrogen (secondary N) is 1. The van der Waals surface area contributed by atoms with Crippen LogP contribution in [-0.4, -0.2) is 59.4 Å². The number of carboxylic acids is 1. The molecule has 5 rings (SSSR count). The second-order valence-corrected chi connectivity index (χ2v) is 7.73. The van der Waals surface area contributed by atoms with Gasteiger partial charge in [-0.25, -0.2) is 9.18 Å². The smallest absolute Gasteiger partial charge is 0.339 e. The molecule has 0 bridgehead atoms. The van der Waals surface area contributed by atoms with Gasteiger partial charge in [0.1, 0.15) is 5.57 Å². The van der Waals surface area contributed by atoms with Gasteiger partial charge in [0.2, 0.25) is 5.78 Å². The maximum Gasteiger partial charge on any atom is 0.339 e. The van der Waals surface area contributed by atoms with Crippen molar-refractivity contribution in [1.82, 2.24) is 15.1 Å². The Morgan fingerprint density at radius 2 is 2.03 bits per heavy atom. The van der Waals surface area contributed by atoms with Crippen LogP contribution in [0.4, 0.5) is 4.39 Å². The predicted molar refractivity (Wildman–Crippen MR) is 102 cm³/mol. The molecule has 0 amide bonds. The monoisotopic (exact) mass is 399 g/mol. The van der Waals surface area contributed by atoms with Crippen LogP contribution in [0.3, 0.4) is 0 Å². The van der Waals surface area contributed by atoms with Crippen LogP contribution in [-0.2, 0) is 14.3 Å². The number of ether oxygens (including phenoxy) is 1. The van der Waals surface area contributed by atoms with Crippen LogP contribution in [0.25, 0.3) is 0 Å². The summed E-state index contributed by atoms with van der Waals surface area (Å²) in [7, 11) is 0. The number of hydrogen-bond acceptors (Lipinski definition) is 6. The van der Waals surface area contributed by atoms with Gasteiger partial charge >= 0.3 is 5.97 Å². The number of fused-ring (bicyclic) bond motifs is 1. The molecule has 1 atom stereocenters. The Morgan fingerprint density at radius 1 is 1.24 bits per heavy atom. The normalized spacial score (nSPS) is 26.7. The summed E-state index contributed by atoms with van der Waals surface area (Å²) in [6.45, 7) is 3.52. The quantitative estimate of drug-likeness (QED) is 0.541. The largest absolute Gasteiger partial charge is 0.478 e. The first-order valence-corrected chi connectivity index (χ1v) is 9.98. The van der Waals surface area contributed by atoms with E-state index in [-0.39, 0.29) is 23.0 Å². The summed E-state index contributed by atoms with van der Waals surface area (Å²) in [6.07, 6.45) is 6.99. The lowest BCUT2D eigenvalue weighted by molar-refractivity contribution is -0.134. The van der Waals surface area contributed by atoms with Crippen LogP contribution in [0.5, 0.6) is 0 Å². The van der Waals surface area contributed by atoms with Crippen molar-refractivity contribution in [3.05, 3.63) is 58.2 Å². The summed E-state index contributed by atoms with van der Waals surface area (Å²) in [5, 5.41) is 12.7. The van der Waals surface area contributed by atoms with Crippen LogP contribution in [0.15, 0.2) is 58.2 Å². The molecule has 0 spiro atoms. The second-order valence-electron chi connectivity index (χ2n) is 7.73. The van der Waals surface area contributed by atoms with E-state index in [2.05, 4.69) is 11.4 Å². The summed E-state index contributed by atoms with van der Waals surface area (Å²) in [4.78, 5) is 28.4. The van der Waals surface area contributed by atoms with Crippen molar-refractivity contribution in [2.45, 2.75) is 19.3 Å². The van der Waals surface area contributed by atoms with E-state index in [1.165, 1.54) is 6.08 Å². The predicted octanol–water partition coefficient (Wildman–Crippen LogP) is 1.79. The molecule has 1 saturated heterocycles. The first kappa shape index (κ1) is 18.2. The maximum atomic E-state index is 15.6. The summed E-state index contributed by atoms with van der Waals surface area (Å²) < 4.78 is 21.5. The average molecular weight is 399 g/mol. The van der Waals surface area contributed by atoms with E-state index in [0.29, 0.717) is 50.3 Å². The van der Waals surface area contributed by atoms with Gasteiger partial charge in [0.05, 0.1) is 17.1 Å². The van der Waals surface area contributed by atoms with Gasteiger partial charge in [0, 0.05) is 45.1 Å². The first-order valence-electron chi connectivity index (χ1n) is 9.98. The SMILES string of the molecule is O=C(O)C1=CCCC2=C(OC3=C4C(C=CCN24)CC(N2CCNCC2)=C3F)C1=O. The highest BCUT2D eigenvalue weighted by molar-refractivity contribution is 6.23. The molecule has 3 heterocycles. The van der Waals surface area contributed by atoms with E-state index in [1.807, 2.05) is 15.9 Å². The standard InChI is InChI=1S/C21H22FN3O4/c22-16-15(24-9-6-23-7-10-24)11-12-3-2-8-25-14-5-1-4-13(21(27)28)18(26)19(14)29-20(16)17(12)25/h2-4,12,23H,1,5-11H2,(H,27,28). The van der Waals surface area contributed by atoms with Gasteiger partial charge in [-0.1, -0.05) is 18.2 Å². The van der Waals surface area contributed by atoms with E-state index in [9.17, 15) is 14.7 Å². The molecule has 8 heteroatoms. The lowest BCUT2D eigenvalue weighted by Gasteiger charge is -2.44. The Balaban J connectivity index is 1.59. The summed E-state index contributed by atoms with van der Waals surface area (Å²) in [5.74, 6) is -2.43. The molecule has 0 radical (unpaired) electrons. The molecule has 0 aromatic heterocycles. The maximum absolute atomic E-state index is 15.6. The number of carbonyl (C=O) groups is 2. The molecule has 7 nitrogen and oxygen atoms in total. The molecular weight excluding hydrogens is 377 g/mol. The van der Waals surface area contributed by atoms with Crippen LogP contribution in [0.1, 0.15) is 19.3 Å². The number of carboxylic acid groups (broad SMARTS) is 1. The molecule has 29 heavy (non-hydrogen) atoms. The number of rotatable bonds is 2. The van der Waals surface area contributed by atoms with Crippen molar-refractivity contribution in [2.75, 3.05) is 32.7 Å². The van der Waals surface area contributed by atoms with E-state index in [0.717, 1.165) is 18.8 Å². The Kier molecular flexibility index (Phi) is 4.31. The van der Waals surface area contributed by atoms with Gasteiger partial charge in [-0.3, -0.25) is 4.79 Å². The van der Waals surface area contributed by atoms with E-state index >= 15 is 4.39 Å². The topological polar surface area (TPSA) is 82.1 Å². The Hall–Kier alpha value is -2.87. The van der Waals surface area contributed by atoms with Crippen molar-refractivity contribution >= 4 is 11.8 Å². The second kappa shape index (κ2) is 6.88. The van der Waals surface area contributed by atoms with Crippen LogP contribution < -0.4 is 5.32 Å². The van der Waals surface area contributed by atoms with Crippen molar-refractivity contribution in [3.63, 3.8) is 0 Å². The van der Waals surface area contributed by atoms with Gasteiger partial charge in [0.25, 0.3) is 0 Å². The third-order valence-electron chi connectivity index (χ3n) is 6.10. The zero-order valence-electron chi connectivity index (χ0n) is 15.9. The van der Waals surface area contributed by atoms with Gasteiger partial charge in [-0.15, -0.1) is 0 Å². The molecule has 3 aliphatic heterocycles. The third kappa shape index (κ3) is 2.81. The number of carbonyl (C=O) groups excluding carboxylic acids is 1. The summed E-state index contributed by atoms with van der Waals surface area (Å²) in [6, 6.07) is 0. The molecule has 1 fully saturated rings. The molecule has 2 aliphatic carbocycles. The molecular formula is C21H22FN3O4. The number of aliphatic carboxylic acids is 1. The minimum Gasteiger partial charge on any atom is -0.478 e. The summed E-state index contributed by atoms with van der Waals surface area (Å²) in [5.41, 5.74) is 1.68. The van der Waals surface area contributed by atoms with E-state index in [1.54, 1.807) is 0 Å². The lowest BCUT2D eigenvalue weighted by atomic mass is 9.87. The number of nitrogens with zero attached hydrogens (tertiary/aromatic N) is 2. The number of ketones is 1. The number of Topliss-reactive ketones (excluding diaryl/α,β-unsaturated/α-hetero) is 1. The third-order valence-corrected chi connectivity index (χ3v) is 6.10. The average Bonchev–Trinajstić information content (AvgIpc) is 2.90. The first-order chi connectivity index (χ1) is 14.1. The molecule has 2 N–H and O–H groups in total. The summed E-state index contributed by atoms with van der Waals surface area (Å²) >= 11 is 0. The van der Waals surface area contributed by atoms with Crippen LogP contribution in [0, 0.1) is 5.92 Å². The Bertz CT molecular complexity index is 953. The van der Waals surface area contributed by atoms with E-state index in [4.69, 9.17) is 4.74 Å². The highest BCUT2D eigenvalue weighted by atomic mass is 19.1. The number of hydrogen-bond donors (Lipinski definition) is 2. The van der Waals surface area contributed by atoms with Crippen LogP contribution in [0.2, 0.25) is 0 Å². The number of allylic oxidation sites excluding steroid dienone is 6. The minimum absolute atomic E-state index is 0.0255. The highest BCUT2D eigenvalue weighted by Crippen LogP contribution is 2.47. The zero-order valence-corrected chi connectivity index (χ0v) is 15.9. The molecule has 5 aliphatic rings. The molecule has 0 saturated carbocycles. The molecule has 1 unspecified atom stereocenters. The number of halogens is 1. The molecule has 152 valence electrons. The van der Waals surface area contributed by atoms with E-state index < -0.39 is 17.6 Å². The van der Waals surface area contributed by atoms with Gasteiger partial charge in [-0.05, 0) is 12.8 Å². The fraction of sp³-hybridized carbons (Fsp3) is 0.429. The lowest BCUT2D eigenvalue weighted by Crippen LogP contribution is -2.45. The molecule has 0 aromatic rings. The Labute approximate surface area is 167 Å². The van der Waals surface area contributed by atoms with Crippen molar-refractivity contribution < 1.29 is 23.8 Å². The van der Waals surface area contributed by atoms with Gasteiger partial charge < -0.3 is 25.0 Å². The van der Waals surface area contributed by atoms with Crippen molar-refractivity contribution in [2.24, 2.45) is 5.92 Å². The van der Waals surface area contributed by atoms with Gasteiger partial charge in [-0.2, -0.15) is 0 Å². The van der Waals surface area contributed by atoms with Crippen molar-refractivity contribution in [3.8, 4) is 0 Å². The highest BCUT2D eigenvalue weighted by Gasteiger charge is 2.44. The fourth-order valence-corrected chi connectivity index (χ4v) is 4.73. The van der Waals surface area contributed by atoms with Crippen LogP contribution >= 0.6 is 0 Å². The minimum atomic E-state index is -1.29. The van der Waals surface area contributed by atoms with Gasteiger partial charge in [0.15, 0.2) is 17.3 Å². The molecule has 0 aromatic carbocycles. The zero-order chi connectivity index (χ0) is 20.1. The Morgan fingerprint density at radius 3 is 2.79 bits per heavy atom. The number of piperazine rings is 1.